The maximum Gasteiger partial charge on any atom is 0.269 e. The number of phenolic OH excluding ortho intramolecular Hbond substituents is 1. The molecule has 36 heavy (non-hydrogen) atoms. The largest absolute Gasteiger partial charge is 0.508 e. The van der Waals surface area contributed by atoms with Crippen LogP contribution in [0, 0.1) is 10.1 Å². The molecule has 6 nitrogen and oxygen atoms in total. The lowest BCUT2D eigenvalue weighted by Gasteiger charge is -2.17. The van der Waals surface area contributed by atoms with Gasteiger partial charge < -0.3 is 10.1 Å². The SMILES string of the molecule is O=[N+]([O-])c1ccc(C(c2ccc(-c3ccc(O)cc3)cc2)c2nc(-c3ccc(Cl)cc3Cl)c[nH]2)cc1. The molecule has 0 fully saturated rings. The van der Waals surface area contributed by atoms with Gasteiger partial charge in [0, 0.05) is 28.9 Å². The predicted molar refractivity (Wildman–Crippen MR) is 142 cm³/mol. The second-order valence-corrected chi connectivity index (χ2v) is 9.09. The number of benzene rings is 4. The Kier molecular flexibility index (Phi) is 6.46. The second-order valence-electron chi connectivity index (χ2n) is 8.25. The molecule has 0 saturated heterocycles. The molecule has 8 heteroatoms. The van der Waals surface area contributed by atoms with Gasteiger partial charge in [-0.2, -0.15) is 0 Å². The van der Waals surface area contributed by atoms with Crippen LogP contribution >= 0.6 is 23.2 Å². The summed E-state index contributed by atoms with van der Waals surface area (Å²) >= 11 is 12.4. The Balaban J connectivity index is 1.56. The summed E-state index contributed by atoms with van der Waals surface area (Å²) in [5.74, 6) is 0.574. The van der Waals surface area contributed by atoms with Gasteiger partial charge in [-0.3, -0.25) is 10.1 Å². The molecule has 0 aliphatic rings. The first-order valence-corrected chi connectivity index (χ1v) is 11.8. The maximum absolute atomic E-state index is 11.2. The van der Waals surface area contributed by atoms with E-state index in [1.807, 2.05) is 42.5 Å². The van der Waals surface area contributed by atoms with Crippen LogP contribution in [0.25, 0.3) is 22.4 Å². The van der Waals surface area contributed by atoms with E-state index in [0.717, 1.165) is 27.8 Å². The van der Waals surface area contributed by atoms with Gasteiger partial charge in [0.1, 0.15) is 11.6 Å². The van der Waals surface area contributed by atoms with Crippen molar-refractivity contribution in [3.63, 3.8) is 0 Å². The van der Waals surface area contributed by atoms with Crippen LogP contribution in [0.3, 0.4) is 0 Å². The quantitative estimate of drug-likeness (QED) is 0.178. The molecule has 1 heterocycles. The summed E-state index contributed by atoms with van der Waals surface area (Å²) < 4.78 is 0. The zero-order valence-corrected chi connectivity index (χ0v) is 20.2. The van der Waals surface area contributed by atoms with E-state index in [4.69, 9.17) is 28.2 Å². The number of hydrogen-bond acceptors (Lipinski definition) is 4. The van der Waals surface area contributed by atoms with E-state index in [0.29, 0.717) is 21.6 Å². The highest BCUT2D eigenvalue weighted by Gasteiger charge is 2.22. The minimum Gasteiger partial charge on any atom is -0.508 e. The van der Waals surface area contributed by atoms with Crippen molar-refractivity contribution in [3.8, 4) is 28.1 Å². The van der Waals surface area contributed by atoms with Gasteiger partial charge in [0.05, 0.1) is 21.6 Å². The predicted octanol–water partition coefficient (Wildman–Crippen LogP) is 7.84. The van der Waals surface area contributed by atoms with Crippen molar-refractivity contribution in [2.24, 2.45) is 0 Å². The Morgan fingerprint density at radius 1 is 0.833 bits per heavy atom. The number of nitrogens with zero attached hydrogens (tertiary/aromatic N) is 2. The first kappa shape index (κ1) is 23.6. The maximum atomic E-state index is 11.2. The number of nitro benzene ring substituents is 1. The number of hydrogen-bond donors (Lipinski definition) is 2. The zero-order valence-electron chi connectivity index (χ0n) is 18.7. The van der Waals surface area contributed by atoms with E-state index in [-0.39, 0.29) is 17.4 Å². The van der Waals surface area contributed by atoms with Gasteiger partial charge in [-0.1, -0.05) is 71.7 Å². The molecule has 0 aliphatic heterocycles. The molecule has 178 valence electrons. The molecule has 1 unspecified atom stereocenters. The van der Waals surface area contributed by atoms with E-state index in [1.54, 1.807) is 42.6 Å². The lowest BCUT2D eigenvalue weighted by molar-refractivity contribution is -0.384. The van der Waals surface area contributed by atoms with Crippen molar-refractivity contribution in [3.05, 3.63) is 134 Å². The monoisotopic (exact) mass is 515 g/mol. The van der Waals surface area contributed by atoms with E-state index < -0.39 is 4.92 Å². The Bertz CT molecular complexity index is 1530. The minimum atomic E-state index is -0.418. The first-order valence-electron chi connectivity index (χ1n) is 11.0. The molecule has 0 aliphatic carbocycles. The summed E-state index contributed by atoms with van der Waals surface area (Å²) in [6.07, 6.45) is 1.79. The van der Waals surface area contributed by atoms with E-state index >= 15 is 0 Å². The summed E-state index contributed by atoms with van der Waals surface area (Å²) in [6, 6.07) is 26.7. The molecular weight excluding hydrogens is 497 g/mol. The summed E-state index contributed by atoms with van der Waals surface area (Å²) in [5, 5.41) is 21.8. The van der Waals surface area contributed by atoms with Crippen LogP contribution in [0.1, 0.15) is 22.9 Å². The minimum absolute atomic E-state index is 0.0215. The normalized spacial score (nSPS) is 11.8. The van der Waals surface area contributed by atoms with Gasteiger partial charge in [-0.15, -0.1) is 0 Å². The third-order valence-electron chi connectivity index (χ3n) is 5.96. The smallest absolute Gasteiger partial charge is 0.269 e. The summed E-state index contributed by atoms with van der Waals surface area (Å²) in [5.41, 5.74) is 5.20. The number of phenols is 1. The fraction of sp³-hybridized carbons (Fsp3) is 0.0357. The molecule has 1 atom stereocenters. The molecule has 1 aromatic heterocycles. The third kappa shape index (κ3) is 4.82. The molecule has 0 saturated carbocycles. The lowest BCUT2D eigenvalue weighted by Crippen LogP contribution is -2.06. The number of aromatic hydroxyl groups is 1. The number of rotatable bonds is 6. The average Bonchev–Trinajstić information content (AvgIpc) is 3.35. The van der Waals surface area contributed by atoms with E-state index in [1.165, 1.54) is 12.1 Å². The highest BCUT2D eigenvalue weighted by atomic mass is 35.5. The number of nitrogens with one attached hydrogen (secondary N) is 1. The fourth-order valence-corrected chi connectivity index (χ4v) is 4.64. The summed E-state index contributed by atoms with van der Waals surface area (Å²) in [7, 11) is 0. The van der Waals surface area contributed by atoms with Gasteiger partial charge in [-0.05, 0) is 52.6 Å². The van der Waals surface area contributed by atoms with Crippen molar-refractivity contribution in [2.45, 2.75) is 5.92 Å². The van der Waals surface area contributed by atoms with Crippen LogP contribution < -0.4 is 0 Å². The Morgan fingerprint density at radius 2 is 1.42 bits per heavy atom. The molecule has 2 N–H and O–H groups in total. The number of aromatic nitrogens is 2. The molecule has 5 aromatic rings. The second kappa shape index (κ2) is 9.85. The third-order valence-corrected chi connectivity index (χ3v) is 6.51. The molecular formula is C28H19Cl2N3O3. The van der Waals surface area contributed by atoms with Crippen LogP contribution in [0.2, 0.25) is 10.0 Å². The fourth-order valence-electron chi connectivity index (χ4n) is 4.14. The van der Waals surface area contributed by atoms with Gasteiger partial charge in [0.2, 0.25) is 0 Å². The lowest BCUT2D eigenvalue weighted by atomic mass is 9.89. The number of aromatic amines is 1. The average molecular weight is 516 g/mol. The highest BCUT2D eigenvalue weighted by Crippen LogP contribution is 2.35. The number of halogens is 2. The molecule has 4 aromatic carbocycles. The zero-order chi connectivity index (χ0) is 25.2. The van der Waals surface area contributed by atoms with Crippen LogP contribution in [-0.2, 0) is 0 Å². The van der Waals surface area contributed by atoms with Crippen LogP contribution in [0.5, 0.6) is 5.75 Å². The van der Waals surface area contributed by atoms with Crippen molar-refractivity contribution in [1.82, 2.24) is 9.97 Å². The summed E-state index contributed by atoms with van der Waals surface area (Å²) in [4.78, 5) is 18.9. The van der Waals surface area contributed by atoms with E-state index in [2.05, 4.69) is 4.98 Å². The molecule has 0 bridgehead atoms. The van der Waals surface area contributed by atoms with Crippen LogP contribution in [0.4, 0.5) is 5.69 Å². The Hall–Kier alpha value is -4.13. The molecule has 0 spiro atoms. The van der Waals surface area contributed by atoms with E-state index in [9.17, 15) is 15.2 Å². The standard InChI is InChI=1S/C28H19Cl2N3O3/c29-21-9-14-24(25(30)15-21)26-16-31-28(32-26)27(20-5-10-22(11-6-20)33(35)36)19-3-1-17(2-4-19)18-7-12-23(34)13-8-18/h1-16,27,34H,(H,31,32). The first-order chi connectivity index (χ1) is 17.4. The molecule has 5 rings (SSSR count). The number of non-ortho nitro benzene ring substituents is 1. The molecule has 0 amide bonds. The van der Waals surface area contributed by atoms with Gasteiger partial charge in [-0.25, -0.2) is 4.98 Å². The van der Waals surface area contributed by atoms with Gasteiger partial charge in [0.25, 0.3) is 5.69 Å². The number of nitro groups is 1. The summed E-state index contributed by atoms with van der Waals surface area (Å²) in [6.45, 7) is 0. The molecule has 0 radical (unpaired) electrons. The number of imidazole rings is 1. The van der Waals surface area contributed by atoms with Crippen molar-refractivity contribution in [2.75, 3.05) is 0 Å². The van der Waals surface area contributed by atoms with Crippen molar-refractivity contribution in [1.29, 1.82) is 0 Å². The highest BCUT2D eigenvalue weighted by molar-refractivity contribution is 6.36. The Morgan fingerprint density at radius 3 is 2.00 bits per heavy atom. The van der Waals surface area contributed by atoms with Gasteiger partial charge >= 0.3 is 0 Å². The van der Waals surface area contributed by atoms with Crippen LogP contribution in [0.15, 0.2) is 97.2 Å². The Labute approximate surface area is 217 Å². The van der Waals surface area contributed by atoms with Crippen molar-refractivity contribution < 1.29 is 10.0 Å². The van der Waals surface area contributed by atoms with Gasteiger partial charge in [0.15, 0.2) is 0 Å². The topological polar surface area (TPSA) is 92.1 Å². The number of H-pyrrole nitrogens is 1. The van der Waals surface area contributed by atoms with Crippen LogP contribution in [-0.4, -0.2) is 20.0 Å². The van der Waals surface area contributed by atoms with Crippen molar-refractivity contribution >= 4 is 28.9 Å².